The van der Waals surface area contributed by atoms with Gasteiger partial charge in [0.05, 0.1) is 6.61 Å². The van der Waals surface area contributed by atoms with Crippen molar-refractivity contribution < 1.29 is 14.3 Å². The van der Waals surface area contributed by atoms with Crippen molar-refractivity contribution in [3.63, 3.8) is 0 Å². The average Bonchev–Trinajstić information content (AvgIpc) is 2.43. The summed E-state index contributed by atoms with van der Waals surface area (Å²) in [5.41, 5.74) is 0.560. The Morgan fingerprint density at radius 3 is 2.52 bits per heavy atom. The maximum absolute atomic E-state index is 12.3. The van der Waals surface area contributed by atoms with E-state index in [9.17, 15) is 9.59 Å². The molecule has 2 N–H and O–H groups in total. The number of carbonyl (C=O) groups is 2. The van der Waals surface area contributed by atoms with Crippen molar-refractivity contribution in [2.75, 3.05) is 25.6 Å². The highest BCUT2D eigenvalue weighted by atomic mass is 79.9. The van der Waals surface area contributed by atoms with Crippen LogP contribution in [0.1, 0.15) is 19.4 Å². The normalized spacial score (nSPS) is 11.1. The summed E-state index contributed by atoms with van der Waals surface area (Å²) in [5, 5.41) is 5.44. The Kier molecular flexibility index (Phi) is 6.36. The van der Waals surface area contributed by atoms with Crippen LogP contribution in [0.2, 0.25) is 0 Å². The zero-order valence-electron chi connectivity index (χ0n) is 12.7. The Hall–Kier alpha value is -1.40. The average molecular weight is 357 g/mol. The largest absolute Gasteiger partial charge is 0.383 e. The van der Waals surface area contributed by atoms with Crippen LogP contribution in [0.4, 0.5) is 5.69 Å². The Labute approximate surface area is 133 Å². The minimum Gasteiger partial charge on any atom is -0.383 e. The molecule has 2 amide bonds. The van der Waals surface area contributed by atoms with E-state index < -0.39 is 5.41 Å². The third kappa shape index (κ3) is 4.82. The monoisotopic (exact) mass is 356 g/mol. The molecular weight excluding hydrogens is 336 g/mol. The van der Waals surface area contributed by atoms with E-state index in [1.54, 1.807) is 27.0 Å². The molecule has 1 rings (SSSR count). The van der Waals surface area contributed by atoms with Gasteiger partial charge in [0.25, 0.3) is 0 Å². The summed E-state index contributed by atoms with van der Waals surface area (Å²) in [6.45, 7) is 5.93. The van der Waals surface area contributed by atoms with Gasteiger partial charge in [0.2, 0.25) is 11.8 Å². The topological polar surface area (TPSA) is 67.4 Å². The van der Waals surface area contributed by atoms with Crippen molar-refractivity contribution in [2.24, 2.45) is 5.41 Å². The van der Waals surface area contributed by atoms with Crippen molar-refractivity contribution >= 4 is 33.4 Å². The number of nitrogens with one attached hydrogen (secondary N) is 2. The number of halogens is 1. The summed E-state index contributed by atoms with van der Waals surface area (Å²) in [5.74, 6) is -0.684. The van der Waals surface area contributed by atoms with Crippen molar-refractivity contribution in [1.82, 2.24) is 5.32 Å². The van der Waals surface area contributed by atoms with Gasteiger partial charge in [0.1, 0.15) is 5.41 Å². The summed E-state index contributed by atoms with van der Waals surface area (Å²) < 4.78 is 5.77. The summed E-state index contributed by atoms with van der Waals surface area (Å²) in [6.07, 6.45) is 0. The van der Waals surface area contributed by atoms with Gasteiger partial charge in [0.15, 0.2) is 0 Å². The summed E-state index contributed by atoms with van der Waals surface area (Å²) in [7, 11) is 1.55. The van der Waals surface area contributed by atoms with E-state index in [0.29, 0.717) is 18.8 Å². The molecule has 6 heteroatoms. The molecule has 0 aliphatic heterocycles. The fraction of sp³-hybridized carbons (Fsp3) is 0.467. The highest BCUT2D eigenvalue weighted by Crippen LogP contribution is 2.23. The van der Waals surface area contributed by atoms with Gasteiger partial charge in [-0.1, -0.05) is 22.0 Å². The van der Waals surface area contributed by atoms with Gasteiger partial charge in [-0.15, -0.1) is 0 Å². The predicted octanol–water partition coefficient (Wildman–Crippen LogP) is 2.48. The summed E-state index contributed by atoms with van der Waals surface area (Å²) in [6, 6.07) is 5.51. The first-order valence-electron chi connectivity index (χ1n) is 6.64. The molecule has 21 heavy (non-hydrogen) atoms. The molecule has 0 aliphatic rings. The Bertz CT molecular complexity index is 530. The van der Waals surface area contributed by atoms with Gasteiger partial charge in [-0.2, -0.15) is 0 Å². The van der Waals surface area contributed by atoms with Crippen molar-refractivity contribution in [2.45, 2.75) is 20.8 Å². The fourth-order valence-electron chi connectivity index (χ4n) is 1.55. The van der Waals surface area contributed by atoms with E-state index in [1.807, 2.05) is 19.1 Å². The van der Waals surface area contributed by atoms with Gasteiger partial charge in [0, 0.05) is 23.8 Å². The molecule has 0 fully saturated rings. The van der Waals surface area contributed by atoms with Crippen LogP contribution in [0.15, 0.2) is 22.7 Å². The lowest BCUT2D eigenvalue weighted by atomic mass is 9.91. The van der Waals surface area contributed by atoms with E-state index in [1.165, 1.54) is 0 Å². The van der Waals surface area contributed by atoms with Crippen LogP contribution in [0.25, 0.3) is 0 Å². The lowest BCUT2D eigenvalue weighted by Gasteiger charge is -2.22. The zero-order chi connectivity index (χ0) is 16.0. The molecule has 0 saturated carbocycles. The second kappa shape index (κ2) is 7.56. The Morgan fingerprint density at radius 1 is 1.29 bits per heavy atom. The molecule has 0 bridgehead atoms. The quantitative estimate of drug-likeness (QED) is 0.607. The second-order valence-corrected chi connectivity index (χ2v) is 6.15. The van der Waals surface area contributed by atoms with Gasteiger partial charge >= 0.3 is 0 Å². The number of amides is 2. The maximum atomic E-state index is 12.3. The fourth-order valence-corrected chi connectivity index (χ4v) is 1.93. The maximum Gasteiger partial charge on any atom is 0.239 e. The standard InChI is InChI=1S/C15H21BrN2O3/c1-10-5-6-11(9-12(10)16)18-14(20)15(2,3)13(19)17-7-8-21-4/h5-6,9H,7-8H2,1-4H3,(H,17,19)(H,18,20). The molecule has 5 nitrogen and oxygen atoms in total. The smallest absolute Gasteiger partial charge is 0.239 e. The SMILES string of the molecule is COCCNC(=O)C(C)(C)C(=O)Nc1ccc(C)c(Br)c1. The second-order valence-electron chi connectivity index (χ2n) is 5.29. The molecule has 116 valence electrons. The molecule has 0 spiro atoms. The molecule has 0 saturated heterocycles. The molecular formula is C15H21BrN2O3. The van der Waals surface area contributed by atoms with E-state index in [-0.39, 0.29) is 11.8 Å². The first kappa shape index (κ1) is 17.7. The molecule has 1 aromatic rings. The van der Waals surface area contributed by atoms with Gasteiger partial charge in [-0.3, -0.25) is 9.59 Å². The minimum atomic E-state index is -1.16. The molecule has 0 atom stereocenters. The van der Waals surface area contributed by atoms with Crippen LogP contribution in [0.5, 0.6) is 0 Å². The number of methoxy groups -OCH3 is 1. The highest BCUT2D eigenvalue weighted by molar-refractivity contribution is 9.10. The third-order valence-electron chi connectivity index (χ3n) is 3.16. The predicted molar refractivity (Wildman–Crippen MR) is 86.2 cm³/mol. The summed E-state index contributed by atoms with van der Waals surface area (Å²) >= 11 is 3.41. The van der Waals surface area contributed by atoms with Crippen LogP contribution >= 0.6 is 15.9 Å². The van der Waals surface area contributed by atoms with Gasteiger partial charge in [-0.25, -0.2) is 0 Å². The van der Waals surface area contributed by atoms with Crippen LogP contribution in [0, 0.1) is 12.3 Å². The van der Waals surface area contributed by atoms with Crippen LogP contribution in [0.3, 0.4) is 0 Å². The van der Waals surface area contributed by atoms with Crippen LogP contribution in [-0.2, 0) is 14.3 Å². The highest BCUT2D eigenvalue weighted by Gasteiger charge is 2.35. The van der Waals surface area contributed by atoms with Crippen molar-refractivity contribution in [3.8, 4) is 0 Å². The minimum absolute atomic E-state index is 0.330. The first-order chi connectivity index (χ1) is 9.78. The number of hydrogen-bond donors (Lipinski definition) is 2. The van der Waals surface area contributed by atoms with E-state index in [2.05, 4.69) is 26.6 Å². The van der Waals surface area contributed by atoms with E-state index >= 15 is 0 Å². The Morgan fingerprint density at radius 2 is 1.95 bits per heavy atom. The molecule has 0 radical (unpaired) electrons. The molecule has 1 aromatic carbocycles. The molecule has 0 aliphatic carbocycles. The van der Waals surface area contributed by atoms with Gasteiger partial charge < -0.3 is 15.4 Å². The van der Waals surface area contributed by atoms with Crippen molar-refractivity contribution in [3.05, 3.63) is 28.2 Å². The summed E-state index contributed by atoms with van der Waals surface area (Å²) in [4.78, 5) is 24.3. The van der Waals surface area contributed by atoms with Crippen LogP contribution < -0.4 is 10.6 Å². The van der Waals surface area contributed by atoms with E-state index in [0.717, 1.165) is 10.0 Å². The zero-order valence-corrected chi connectivity index (χ0v) is 14.3. The Balaban J connectivity index is 2.71. The van der Waals surface area contributed by atoms with Crippen LogP contribution in [-0.4, -0.2) is 32.1 Å². The third-order valence-corrected chi connectivity index (χ3v) is 4.01. The number of benzene rings is 1. The number of carbonyl (C=O) groups excluding carboxylic acids is 2. The first-order valence-corrected chi connectivity index (χ1v) is 7.43. The van der Waals surface area contributed by atoms with E-state index in [4.69, 9.17) is 4.74 Å². The number of anilines is 1. The lowest BCUT2D eigenvalue weighted by Crippen LogP contribution is -2.45. The molecule has 0 heterocycles. The molecule has 0 aromatic heterocycles. The number of hydrogen-bond acceptors (Lipinski definition) is 3. The molecule has 0 unspecified atom stereocenters. The number of aryl methyl sites for hydroxylation is 1. The van der Waals surface area contributed by atoms with Gasteiger partial charge in [-0.05, 0) is 38.5 Å². The number of rotatable bonds is 6. The number of ether oxygens (including phenoxy) is 1. The van der Waals surface area contributed by atoms with Crippen molar-refractivity contribution in [1.29, 1.82) is 0 Å². The lowest BCUT2D eigenvalue weighted by molar-refractivity contribution is -0.138.